The molecular formula is C34H36ClFN8O6. The molecule has 3 heterocycles. The Labute approximate surface area is 292 Å². The first kappa shape index (κ1) is 35.9. The van der Waals surface area contributed by atoms with E-state index < -0.39 is 35.9 Å². The molecule has 0 saturated heterocycles. The first-order valence-electron chi connectivity index (χ1n) is 15.9. The molecule has 4 aromatic rings. The van der Waals surface area contributed by atoms with Crippen LogP contribution in [0.5, 0.6) is 0 Å². The van der Waals surface area contributed by atoms with Crippen LogP contribution in [0, 0.1) is 5.82 Å². The second-order valence-corrected chi connectivity index (χ2v) is 11.6. The molecule has 0 aliphatic carbocycles. The first-order chi connectivity index (χ1) is 24.3. The van der Waals surface area contributed by atoms with Crippen molar-refractivity contribution in [2.75, 3.05) is 37.6 Å². The van der Waals surface area contributed by atoms with Crippen LogP contribution in [0.15, 0.2) is 61.1 Å². The van der Waals surface area contributed by atoms with Crippen LogP contribution in [-0.2, 0) is 23.8 Å². The molecule has 50 heavy (non-hydrogen) atoms. The highest BCUT2D eigenvalue weighted by molar-refractivity contribution is 6.31. The molecule has 0 saturated carbocycles. The van der Waals surface area contributed by atoms with Gasteiger partial charge in [-0.05, 0) is 78.2 Å². The van der Waals surface area contributed by atoms with Crippen LogP contribution in [0.3, 0.4) is 0 Å². The molecular weight excluding hydrogens is 671 g/mol. The number of hydrogen-bond acceptors (Lipinski definition) is 11. The van der Waals surface area contributed by atoms with Crippen molar-refractivity contribution in [3.63, 3.8) is 0 Å². The van der Waals surface area contributed by atoms with Crippen molar-refractivity contribution < 1.29 is 33.0 Å². The summed E-state index contributed by atoms with van der Waals surface area (Å²) in [6.07, 6.45) is 7.01. The minimum atomic E-state index is -0.728. The number of halogens is 2. The van der Waals surface area contributed by atoms with E-state index in [4.69, 9.17) is 25.8 Å². The van der Waals surface area contributed by atoms with Gasteiger partial charge < -0.3 is 24.8 Å². The van der Waals surface area contributed by atoms with Crippen molar-refractivity contribution in [1.29, 1.82) is 0 Å². The molecule has 0 radical (unpaired) electrons. The number of aromatic nitrogens is 5. The van der Waals surface area contributed by atoms with Crippen molar-refractivity contribution in [2.24, 2.45) is 0 Å². The largest absolute Gasteiger partial charge is 0.464 e. The number of anilines is 2. The fourth-order valence-electron chi connectivity index (χ4n) is 5.41. The van der Waals surface area contributed by atoms with Crippen molar-refractivity contribution in [3.05, 3.63) is 83.2 Å². The van der Waals surface area contributed by atoms with E-state index in [1.807, 2.05) is 12.1 Å². The van der Waals surface area contributed by atoms with Crippen molar-refractivity contribution in [3.8, 4) is 16.8 Å². The molecule has 5 rings (SSSR count). The Morgan fingerprint density at radius 2 is 1.94 bits per heavy atom. The van der Waals surface area contributed by atoms with Gasteiger partial charge in [0.15, 0.2) is 5.82 Å². The van der Waals surface area contributed by atoms with Crippen LogP contribution in [0.1, 0.15) is 49.9 Å². The molecule has 1 aliphatic rings. The van der Waals surface area contributed by atoms with Crippen LogP contribution < -0.4 is 16.0 Å². The summed E-state index contributed by atoms with van der Waals surface area (Å²) in [6.45, 7) is 2.30. The summed E-state index contributed by atoms with van der Waals surface area (Å²) in [5.74, 6) is -1.63. The number of ether oxygens (including phenoxy) is 3. The van der Waals surface area contributed by atoms with E-state index in [0.717, 1.165) is 11.1 Å². The Morgan fingerprint density at radius 1 is 1.10 bits per heavy atom. The maximum Gasteiger partial charge on any atom is 0.411 e. The van der Waals surface area contributed by atoms with Gasteiger partial charge in [0.2, 0.25) is 5.91 Å². The normalized spacial score (nSPS) is 15.9. The Morgan fingerprint density at radius 3 is 2.72 bits per heavy atom. The molecule has 16 heteroatoms. The fraction of sp³-hybridized carbons (Fsp3) is 0.324. The van der Waals surface area contributed by atoms with E-state index in [9.17, 15) is 14.4 Å². The summed E-state index contributed by atoms with van der Waals surface area (Å²) in [5.41, 5.74) is 3.41. The van der Waals surface area contributed by atoms with Gasteiger partial charge in [0.25, 0.3) is 0 Å². The molecule has 262 valence electrons. The lowest BCUT2D eigenvalue weighted by Gasteiger charge is -2.24. The minimum Gasteiger partial charge on any atom is -0.464 e. The number of fused-ring (bicyclic) bond motifs is 4. The molecule has 2 bridgehead atoms. The summed E-state index contributed by atoms with van der Waals surface area (Å²) in [4.78, 5) is 43.3. The summed E-state index contributed by atoms with van der Waals surface area (Å²) in [7, 11) is 1.51. The Bertz CT molecular complexity index is 1840. The average Bonchev–Trinajstić information content (AvgIpc) is 3.64. The smallest absolute Gasteiger partial charge is 0.411 e. The van der Waals surface area contributed by atoms with E-state index in [0.29, 0.717) is 48.4 Å². The van der Waals surface area contributed by atoms with E-state index in [1.54, 1.807) is 37.4 Å². The number of pyridine rings is 1. The van der Waals surface area contributed by atoms with Crippen molar-refractivity contribution in [1.82, 2.24) is 30.5 Å². The molecule has 2 atom stereocenters. The number of esters is 1. The standard InChI is InChI=1S/C34H36ClFN8O6/c1-3-49-33(46)27-7-5-4-6-26(41-31(45)13-10-24-30(44-20-38-42-43-44)12-11-25(35)32(24)36)29-18-21(14-15-37-29)23-9-8-22(19-28(23)40-27)39-34(47)50-17-16-48-2/h8-15,18-20,26-27,40H,3-7,16-17H2,1-2H3,(H,39,47)(H,41,45)/b13-10+/t26-,27-/m0/s1. The zero-order valence-electron chi connectivity index (χ0n) is 27.4. The highest BCUT2D eigenvalue weighted by Crippen LogP contribution is 2.34. The molecule has 2 aromatic heterocycles. The van der Waals surface area contributed by atoms with Gasteiger partial charge in [0.1, 0.15) is 19.0 Å². The lowest BCUT2D eigenvalue weighted by Crippen LogP contribution is -2.32. The third kappa shape index (κ3) is 9.18. The number of hydrogen-bond donors (Lipinski definition) is 3. The number of nitrogens with one attached hydrogen (secondary N) is 3. The second kappa shape index (κ2) is 17.3. The van der Waals surface area contributed by atoms with E-state index in [2.05, 4.69) is 36.5 Å². The third-order valence-electron chi connectivity index (χ3n) is 7.80. The van der Waals surface area contributed by atoms with Crippen molar-refractivity contribution in [2.45, 2.75) is 44.7 Å². The lowest BCUT2D eigenvalue weighted by molar-refractivity contribution is -0.144. The predicted molar refractivity (Wildman–Crippen MR) is 183 cm³/mol. The average molecular weight is 707 g/mol. The SMILES string of the molecule is CCOC(=O)[C@@H]1CCCC[C@H](NC(=O)/C=C/c2c(-n3cnnn3)ccc(Cl)c2F)c2cc(ccn2)-c2ccc(NC(=O)OCCOC)cc2N1. The van der Waals surface area contributed by atoms with Crippen molar-refractivity contribution >= 4 is 47.0 Å². The number of methoxy groups -OCH3 is 1. The van der Waals surface area contributed by atoms with E-state index in [-0.39, 0.29) is 30.4 Å². The molecule has 2 aromatic carbocycles. The summed E-state index contributed by atoms with van der Waals surface area (Å²) < 4.78 is 31.8. The van der Waals surface area contributed by atoms with Gasteiger partial charge in [0.05, 0.1) is 35.7 Å². The Balaban J connectivity index is 1.44. The van der Waals surface area contributed by atoms with Gasteiger partial charge >= 0.3 is 12.1 Å². The maximum atomic E-state index is 15.1. The number of carbonyl (C=O) groups excluding carboxylic acids is 3. The van der Waals surface area contributed by atoms with Gasteiger partial charge in [-0.15, -0.1) is 5.10 Å². The Kier molecular flexibility index (Phi) is 12.4. The highest BCUT2D eigenvalue weighted by Gasteiger charge is 2.24. The minimum absolute atomic E-state index is 0.0324. The van der Waals surface area contributed by atoms with Gasteiger partial charge in [0, 0.05) is 41.9 Å². The lowest BCUT2D eigenvalue weighted by atomic mass is 9.96. The summed E-state index contributed by atoms with van der Waals surface area (Å²) >= 11 is 6.04. The second-order valence-electron chi connectivity index (χ2n) is 11.2. The number of amides is 2. The zero-order valence-corrected chi connectivity index (χ0v) is 28.2. The van der Waals surface area contributed by atoms with Gasteiger partial charge in [-0.25, -0.2) is 14.0 Å². The molecule has 1 aliphatic heterocycles. The number of nitrogens with zero attached hydrogens (tertiary/aromatic N) is 5. The number of tetrazole rings is 1. The number of carbonyl (C=O) groups is 3. The predicted octanol–water partition coefficient (Wildman–Crippen LogP) is 5.50. The van der Waals surface area contributed by atoms with Crippen LogP contribution in [0.25, 0.3) is 22.9 Å². The summed E-state index contributed by atoms with van der Waals surface area (Å²) in [5, 5.41) is 19.9. The van der Waals surface area contributed by atoms with E-state index >= 15 is 4.39 Å². The fourth-order valence-corrected chi connectivity index (χ4v) is 5.57. The van der Waals surface area contributed by atoms with E-state index in [1.165, 1.54) is 36.3 Å². The molecule has 14 nitrogen and oxygen atoms in total. The third-order valence-corrected chi connectivity index (χ3v) is 8.09. The van der Waals surface area contributed by atoms with Gasteiger partial charge in [-0.1, -0.05) is 30.5 Å². The quantitative estimate of drug-likeness (QED) is 0.108. The van der Waals surface area contributed by atoms with Gasteiger partial charge in [-0.2, -0.15) is 4.68 Å². The number of benzene rings is 2. The van der Waals surface area contributed by atoms with Crippen LogP contribution >= 0.6 is 11.6 Å². The summed E-state index contributed by atoms with van der Waals surface area (Å²) in [6, 6.07) is 10.6. The Hall–Kier alpha value is -5.41. The molecule has 3 N–H and O–H groups in total. The molecule has 0 unspecified atom stereocenters. The van der Waals surface area contributed by atoms with Crippen LogP contribution in [-0.4, -0.2) is 76.1 Å². The van der Waals surface area contributed by atoms with Crippen LogP contribution in [0.4, 0.5) is 20.6 Å². The maximum absolute atomic E-state index is 15.1. The van der Waals surface area contributed by atoms with Crippen LogP contribution in [0.2, 0.25) is 5.02 Å². The monoisotopic (exact) mass is 706 g/mol. The number of rotatable bonds is 10. The topological polar surface area (TPSA) is 171 Å². The zero-order chi connectivity index (χ0) is 35.5. The first-order valence-corrected chi connectivity index (χ1v) is 16.3. The molecule has 0 fully saturated rings. The molecule has 0 spiro atoms. The molecule has 2 amide bonds. The highest BCUT2D eigenvalue weighted by atomic mass is 35.5. The van der Waals surface area contributed by atoms with Gasteiger partial charge in [-0.3, -0.25) is 15.1 Å².